The molecule has 9 nitrogen and oxygen atoms in total. The predicted octanol–water partition coefficient (Wildman–Crippen LogP) is 2.28. The molecule has 1 aromatic heterocycles. The average Bonchev–Trinajstić information content (AvgIpc) is 3.24. The molecule has 0 bridgehead atoms. The van der Waals surface area contributed by atoms with Gasteiger partial charge < -0.3 is 14.8 Å². The van der Waals surface area contributed by atoms with Crippen molar-refractivity contribution in [1.29, 1.82) is 5.26 Å². The number of nitrogens with one attached hydrogen (secondary N) is 2. The maximum atomic E-state index is 12.7. The van der Waals surface area contributed by atoms with Crippen molar-refractivity contribution >= 4 is 17.7 Å². The van der Waals surface area contributed by atoms with Gasteiger partial charge in [0, 0.05) is 0 Å². The van der Waals surface area contributed by atoms with Crippen molar-refractivity contribution in [1.82, 2.24) is 15.1 Å². The first-order valence-electron chi connectivity index (χ1n) is 9.81. The fourth-order valence-corrected chi connectivity index (χ4v) is 2.92. The fourth-order valence-electron chi connectivity index (χ4n) is 2.92. The Morgan fingerprint density at radius 3 is 2.41 bits per heavy atom. The van der Waals surface area contributed by atoms with E-state index in [4.69, 9.17) is 9.47 Å². The van der Waals surface area contributed by atoms with Crippen LogP contribution in [0.2, 0.25) is 0 Å². The average molecular weight is 433 g/mol. The van der Waals surface area contributed by atoms with E-state index in [1.165, 1.54) is 18.0 Å². The summed E-state index contributed by atoms with van der Waals surface area (Å²) in [5.74, 6) is -0.215. The SMILES string of the molecule is COC(=O)C(C)(COc1ccccc1)NCC(=O)Nc1c(C#N)cnn1-c1ccccc1. The minimum absolute atomic E-state index is 0.0532. The van der Waals surface area contributed by atoms with Crippen LogP contribution in [-0.4, -0.2) is 47.5 Å². The van der Waals surface area contributed by atoms with Crippen LogP contribution in [0.4, 0.5) is 5.82 Å². The topological polar surface area (TPSA) is 118 Å². The number of hydrogen-bond acceptors (Lipinski definition) is 7. The summed E-state index contributed by atoms with van der Waals surface area (Å²) >= 11 is 0. The molecular formula is C23H23N5O4. The third-order valence-corrected chi connectivity index (χ3v) is 4.69. The second-order valence-corrected chi connectivity index (χ2v) is 7.09. The zero-order chi connectivity index (χ0) is 23.0. The molecule has 0 aliphatic heterocycles. The van der Waals surface area contributed by atoms with Gasteiger partial charge in [0.2, 0.25) is 5.91 Å². The Hall–Kier alpha value is -4.16. The lowest BCUT2D eigenvalue weighted by Gasteiger charge is -2.27. The van der Waals surface area contributed by atoms with Gasteiger partial charge in [0.1, 0.15) is 29.5 Å². The van der Waals surface area contributed by atoms with E-state index in [1.807, 2.05) is 42.5 Å². The summed E-state index contributed by atoms with van der Waals surface area (Å²) < 4.78 is 12.0. The molecule has 3 aromatic rings. The standard InChI is InChI=1S/C23H23N5O4/c1-23(22(30)31-2,16-32-19-11-7-4-8-12-19)25-15-20(29)27-21-17(13-24)14-26-28(21)18-9-5-3-6-10-18/h3-12,14,25H,15-16H2,1-2H3,(H,27,29). The number of carbonyl (C=O) groups is 2. The Kier molecular flexibility index (Phi) is 7.21. The number of ether oxygens (including phenoxy) is 2. The molecule has 0 fully saturated rings. The van der Waals surface area contributed by atoms with Crippen LogP contribution < -0.4 is 15.4 Å². The number of benzene rings is 2. The Morgan fingerprint density at radius 1 is 1.12 bits per heavy atom. The van der Waals surface area contributed by atoms with Gasteiger partial charge in [-0.15, -0.1) is 0 Å². The number of esters is 1. The molecule has 9 heteroatoms. The summed E-state index contributed by atoms with van der Waals surface area (Å²) in [5.41, 5.74) is -0.377. The number of para-hydroxylation sites is 2. The van der Waals surface area contributed by atoms with Crippen LogP contribution >= 0.6 is 0 Å². The molecule has 1 amide bonds. The van der Waals surface area contributed by atoms with Crippen molar-refractivity contribution in [2.45, 2.75) is 12.5 Å². The summed E-state index contributed by atoms with van der Waals surface area (Å²) in [7, 11) is 1.27. The molecule has 0 aliphatic carbocycles. The highest BCUT2D eigenvalue weighted by Crippen LogP contribution is 2.19. The molecule has 1 atom stereocenters. The predicted molar refractivity (Wildman–Crippen MR) is 117 cm³/mol. The van der Waals surface area contributed by atoms with Crippen molar-refractivity contribution in [3.05, 3.63) is 72.4 Å². The number of methoxy groups -OCH3 is 1. The molecule has 0 spiro atoms. The van der Waals surface area contributed by atoms with Crippen molar-refractivity contribution in [3.63, 3.8) is 0 Å². The van der Waals surface area contributed by atoms with Gasteiger partial charge in [-0.3, -0.25) is 10.1 Å². The van der Waals surface area contributed by atoms with Gasteiger partial charge in [-0.1, -0.05) is 36.4 Å². The summed E-state index contributed by atoms with van der Waals surface area (Å²) in [4.78, 5) is 25.0. The number of rotatable bonds is 9. The third-order valence-electron chi connectivity index (χ3n) is 4.69. The minimum Gasteiger partial charge on any atom is -0.491 e. The van der Waals surface area contributed by atoms with Crippen LogP contribution in [0.5, 0.6) is 5.75 Å². The third kappa shape index (κ3) is 5.30. The van der Waals surface area contributed by atoms with Crippen LogP contribution in [0.25, 0.3) is 5.69 Å². The lowest BCUT2D eigenvalue weighted by atomic mass is 10.0. The number of nitrogens with zero attached hydrogens (tertiary/aromatic N) is 3. The Labute approximate surface area is 185 Å². The maximum Gasteiger partial charge on any atom is 0.329 e. The van der Waals surface area contributed by atoms with Gasteiger partial charge >= 0.3 is 5.97 Å². The zero-order valence-electron chi connectivity index (χ0n) is 17.7. The molecule has 0 saturated heterocycles. The van der Waals surface area contributed by atoms with E-state index in [9.17, 15) is 14.9 Å². The Bertz CT molecular complexity index is 1110. The van der Waals surface area contributed by atoms with Crippen molar-refractivity contribution < 1.29 is 19.1 Å². The van der Waals surface area contributed by atoms with Gasteiger partial charge in [-0.25, -0.2) is 9.48 Å². The number of hydrogen-bond donors (Lipinski definition) is 2. The largest absolute Gasteiger partial charge is 0.491 e. The van der Waals surface area contributed by atoms with Crippen LogP contribution in [-0.2, 0) is 14.3 Å². The number of nitriles is 1. The van der Waals surface area contributed by atoms with Crippen molar-refractivity contribution in [2.75, 3.05) is 25.6 Å². The normalized spacial score (nSPS) is 12.3. The first kappa shape index (κ1) is 22.5. The summed E-state index contributed by atoms with van der Waals surface area (Å²) in [6, 6.07) is 20.1. The second-order valence-electron chi connectivity index (χ2n) is 7.09. The van der Waals surface area contributed by atoms with Gasteiger partial charge in [0.15, 0.2) is 5.82 Å². The molecule has 0 aliphatic rings. The van der Waals surface area contributed by atoms with E-state index < -0.39 is 17.4 Å². The van der Waals surface area contributed by atoms with E-state index >= 15 is 0 Å². The molecule has 3 rings (SSSR count). The van der Waals surface area contributed by atoms with Crippen LogP contribution in [0.15, 0.2) is 66.9 Å². The highest BCUT2D eigenvalue weighted by molar-refractivity contribution is 5.93. The second kappa shape index (κ2) is 10.2. The summed E-state index contributed by atoms with van der Waals surface area (Å²) in [6.45, 7) is 1.31. The Morgan fingerprint density at radius 2 is 1.78 bits per heavy atom. The van der Waals surface area contributed by atoms with E-state index in [0.717, 1.165) is 0 Å². The number of anilines is 1. The first-order chi connectivity index (χ1) is 15.5. The van der Waals surface area contributed by atoms with Gasteiger partial charge in [0.05, 0.1) is 25.5 Å². The molecule has 164 valence electrons. The summed E-state index contributed by atoms with van der Waals surface area (Å²) in [5, 5.41) is 19.2. The molecule has 2 aromatic carbocycles. The van der Waals surface area contributed by atoms with E-state index in [1.54, 1.807) is 31.2 Å². The fraction of sp³-hybridized carbons (Fsp3) is 0.217. The highest BCUT2D eigenvalue weighted by Gasteiger charge is 2.36. The minimum atomic E-state index is -1.28. The van der Waals surface area contributed by atoms with Crippen LogP contribution in [0.1, 0.15) is 12.5 Å². The molecular weight excluding hydrogens is 410 g/mol. The zero-order valence-corrected chi connectivity index (χ0v) is 17.7. The van der Waals surface area contributed by atoms with E-state index in [0.29, 0.717) is 11.4 Å². The monoisotopic (exact) mass is 433 g/mol. The van der Waals surface area contributed by atoms with E-state index in [2.05, 4.69) is 15.7 Å². The lowest BCUT2D eigenvalue weighted by Crippen LogP contribution is -2.56. The smallest absolute Gasteiger partial charge is 0.329 e. The molecule has 1 unspecified atom stereocenters. The Balaban J connectivity index is 1.70. The molecule has 2 N–H and O–H groups in total. The van der Waals surface area contributed by atoms with Crippen LogP contribution in [0.3, 0.4) is 0 Å². The quantitative estimate of drug-likeness (QED) is 0.497. The maximum absolute atomic E-state index is 12.7. The van der Waals surface area contributed by atoms with Crippen molar-refractivity contribution in [2.24, 2.45) is 0 Å². The number of carbonyl (C=O) groups excluding carboxylic acids is 2. The highest BCUT2D eigenvalue weighted by atomic mass is 16.5. The molecule has 32 heavy (non-hydrogen) atoms. The molecule has 0 radical (unpaired) electrons. The van der Waals surface area contributed by atoms with E-state index in [-0.39, 0.29) is 24.5 Å². The van der Waals surface area contributed by atoms with Crippen molar-refractivity contribution in [3.8, 4) is 17.5 Å². The first-order valence-corrected chi connectivity index (χ1v) is 9.81. The summed E-state index contributed by atoms with van der Waals surface area (Å²) in [6.07, 6.45) is 1.38. The van der Waals surface area contributed by atoms with Gasteiger partial charge in [-0.2, -0.15) is 10.4 Å². The van der Waals surface area contributed by atoms with Gasteiger partial charge in [0.25, 0.3) is 0 Å². The lowest BCUT2D eigenvalue weighted by molar-refractivity contribution is -0.149. The van der Waals surface area contributed by atoms with Crippen LogP contribution in [0, 0.1) is 11.3 Å². The molecule has 1 heterocycles. The number of aromatic nitrogens is 2. The molecule has 0 saturated carbocycles. The van der Waals surface area contributed by atoms with Gasteiger partial charge in [-0.05, 0) is 31.2 Å². The number of amides is 1.